The number of amides is 1. The number of carbonyl (C=O) groups excluding carboxylic acids is 1. The predicted octanol–water partition coefficient (Wildman–Crippen LogP) is 3.43. The van der Waals surface area contributed by atoms with Crippen LogP contribution in [0.4, 0.5) is 11.5 Å². The minimum absolute atomic E-state index is 0.0307. The van der Waals surface area contributed by atoms with Gasteiger partial charge in [-0.1, -0.05) is 56.5 Å². The molecule has 1 heterocycles. The number of aromatic amines is 1. The molecule has 2 aromatic carbocycles. The van der Waals surface area contributed by atoms with Crippen molar-refractivity contribution in [1.29, 1.82) is 0 Å². The molecule has 0 unspecified atom stereocenters. The van der Waals surface area contributed by atoms with Crippen LogP contribution in [0.15, 0.2) is 52.1 Å². The average Bonchev–Trinajstić information content (AvgIpc) is 3.34. The minimum atomic E-state index is -0.642. The highest BCUT2D eigenvalue weighted by Gasteiger charge is 2.32. The van der Waals surface area contributed by atoms with E-state index in [2.05, 4.69) is 4.98 Å². The van der Waals surface area contributed by atoms with Crippen LogP contribution in [0.3, 0.4) is 0 Å². The first-order valence-corrected chi connectivity index (χ1v) is 11.6. The number of nitrogens with two attached hydrogens (primary N) is 1. The third-order valence-electron chi connectivity index (χ3n) is 6.23. The zero-order chi connectivity index (χ0) is 23.4. The highest BCUT2D eigenvalue weighted by Crippen LogP contribution is 2.30. The molecule has 1 amide bonds. The van der Waals surface area contributed by atoms with E-state index in [1.54, 1.807) is 0 Å². The standard InChI is InChI=1S/C25H30N4O4/c1-2-3-14-28-23(26)22(24(31)27-25(28)32)29(19-10-6-7-11-19)21(30)16-33-20-13-12-17-8-4-5-9-18(17)15-20/h4-5,8-9,12-13,15,19H,2-3,6-7,10-11,14,16,26H2,1H3,(H,27,31,32). The monoisotopic (exact) mass is 450 g/mol. The van der Waals surface area contributed by atoms with Crippen molar-refractivity contribution in [3.05, 3.63) is 63.3 Å². The van der Waals surface area contributed by atoms with Crippen LogP contribution in [0.5, 0.6) is 5.75 Å². The predicted molar refractivity (Wildman–Crippen MR) is 130 cm³/mol. The number of fused-ring (bicyclic) bond motifs is 1. The lowest BCUT2D eigenvalue weighted by molar-refractivity contribution is -0.121. The van der Waals surface area contributed by atoms with E-state index in [9.17, 15) is 14.4 Å². The van der Waals surface area contributed by atoms with Gasteiger partial charge in [-0.2, -0.15) is 0 Å². The van der Waals surface area contributed by atoms with Gasteiger partial charge in [0.05, 0.1) is 0 Å². The van der Waals surface area contributed by atoms with Crippen LogP contribution in [-0.2, 0) is 11.3 Å². The van der Waals surface area contributed by atoms with Gasteiger partial charge in [0.15, 0.2) is 12.3 Å². The molecular weight excluding hydrogens is 420 g/mol. The maximum atomic E-state index is 13.4. The SMILES string of the molecule is CCCCn1c(N)c(N(C(=O)COc2ccc3ccccc3c2)C2CCCC2)c(=O)[nH]c1=O. The molecule has 33 heavy (non-hydrogen) atoms. The first-order chi connectivity index (χ1) is 16.0. The van der Waals surface area contributed by atoms with Crippen molar-refractivity contribution in [2.45, 2.75) is 58.0 Å². The van der Waals surface area contributed by atoms with Gasteiger partial charge in [0.1, 0.15) is 11.6 Å². The Kier molecular flexibility index (Phi) is 6.82. The van der Waals surface area contributed by atoms with E-state index < -0.39 is 11.2 Å². The van der Waals surface area contributed by atoms with Crippen LogP contribution in [0.2, 0.25) is 0 Å². The molecule has 0 bridgehead atoms. The summed E-state index contributed by atoms with van der Waals surface area (Å²) in [6.45, 7) is 2.15. The number of rotatable bonds is 8. The molecule has 0 radical (unpaired) electrons. The summed E-state index contributed by atoms with van der Waals surface area (Å²) in [6, 6.07) is 13.4. The number of nitrogens with zero attached hydrogens (tertiary/aromatic N) is 2. The van der Waals surface area contributed by atoms with Gasteiger partial charge in [0.25, 0.3) is 11.5 Å². The van der Waals surface area contributed by atoms with Gasteiger partial charge in [-0.05, 0) is 42.2 Å². The number of hydrogen-bond acceptors (Lipinski definition) is 5. The molecule has 174 valence electrons. The Morgan fingerprint density at radius 1 is 1.15 bits per heavy atom. The zero-order valence-corrected chi connectivity index (χ0v) is 18.9. The molecule has 1 fully saturated rings. The molecule has 8 nitrogen and oxygen atoms in total. The molecule has 1 aromatic heterocycles. The molecule has 0 aliphatic heterocycles. The third-order valence-corrected chi connectivity index (χ3v) is 6.23. The quantitative estimate of drug-likeness (QED) is 0.546. The number of unbranched alkanes of at least 4 members (excludes halogenated alkanes) is 1. The molecule has 4 rings (SSSR count). The van der Waals surface area contributed by atoms with Gasteiger partial charge in [-0.15, -0.1) is 0 Å². The van der Waals surface area contributed by atoms with Gasteiger partial charge in [-0.3, -0.25) is 24.0 Å². The third kappa shape index (κ3) is 4.79. The van der Waals surface area contributed by atoms with E-state index in [4.69, 9.17) is 10.5 Å². The van der Waals surface area contributed by atoms with Crippen LogP contribution >= 0.6 is 0 Å². The summed E-state index contributed by atoms with van der Waals surface area (Å²) in [5.74, 6) is 0.249. The van der Waals surface area contributed by atoms with Gasteiger partial charge in [0, 0.05) is 12.6 Å². The van der Waals surface area contributed by atoms with E-state index >= 15 is 0 Å². The smallest absolute Gasteiger partial charge is 0.330 e. The Morgan fingerprint density at radius 3 is 2.61 bits per heavy atom. The minimum Gasteiger partial charge on any atom is -0.484 e. The van der Waals surface area contributed by atoms with Crippen molar-refractivity contribution < 1.29 is 9.53 Å². The number of ether oxygens (including phenoxy) is 1. The van der Waals surface area contributed by atoms with Crippen molar-refractivity contribution in [2.75, 3.05) is 17.2 Å². The molecule has 0 spiro atoms. The number of nitrogens with one attached hydrogen (secondary N) is 1. The van der Waals surface area contributed by atoms with Gasteiger partial charge in [0.2, 0.25) is 0 Å². The van der Waals surface area contributed by atoms with Crippen LogP contribution in [0, 0.1) is 0 Å². The maximum Gasteiger partial charge on any atom is 0.330 e. The number of carbonyl (C=O) groups is 1. The Balaban J connectivity index is 1.64. The zero-order valence-electron chi connectivity index (χ0n) is 18.9. The fraction of sp³-hybridized carbons (Fsp3) is 0.400. The van der Waals surface area contributed by atoms with Crippen LogP contribution in [-0.4, -0.2) is 28.1 Å². The average molecular weight is 451 g/mol. The molecule has 3 aromatic rings. The number of hydrogen-bond donors (Lipinski definition) is 2. The number of aromatic nitrogens is 2. The molecule has 8 heteroatoms. The van der Waals surface area contributed by atoms with Crippen molar-refractivity contribution in [3.63, 3.8) is 0 Å². The number of H-pyrrole nitrogens is 1. The van der Waals surface area contributed by atoms with E-state index in [1.165, 1.54) is 9.47 Å². The Morgan fingerprint density at radius 2 is 1.88 bits per heavy atom. The summed E-state index contributed by atoms with van der Waals surface area (Å²) >= 11 is 0. The number of benzene rings is 2. The summed E-state index contributed by atoms with van der Waals surface area (Å²) in [6.07, 6.45) is 5.08. The lowest BCUT2D eigenvalue weighted by Crippen LogP contribution is -2.47. The number of anilines is 2. The fourth-order valence-electron chi connectivity index (χ4n) is 4.49. The normalized spacial score (nSPS) is 14.0. The molecule has 1 aliphatic carbocycles. The van der Waals surface area contributed by atoms with Crippen LogP contribution in [0.25, 0.3) is 10.8 Å². The highest BCUT2D eigenvalue weighted by atomic mass is 16.5. The molecular formula is C25H30N4O4. The maximum absolute atomic E-state index is 13.4. The second-order valence-corrected chi connectivity index (χ2v) is 8.50. The van der Waals surface area contributed by atoms with Gasteiger partial charge >= 0.3 is 5.69 Å². The van der Waals surface area contributed by atoms with Crippen molar-refractivity contribution in [2.24, 2.45) is 0 Å². The summed E-state index contributed by atoms with van der Waals surface area (Å²) in [5, 5.41) is 2.09. The van der Waals surface area contributed by atoms with Gasteiger partial charge < -0.3 is 10.5 Å². The van der Waals surface area contributed by atoms with Crippen molar-refractivity contribution in [1.82, 2.24) is 9.55 Å². The summed E-state index contributed by atoms with van der Waals surface area (Å²) < 4.78 is 7.17. The molecule has 0 atom stereocenters. The van der Waals surface area contributed by atoms with Crippen molar-refractivity contribution >= 4 is 28.2 Å². The van der Waals surface area contributed by atoms with E-state index in [-0.39, 0.29) is 30.1 Å². The second kappa shape index (κ2) is 9.94. The molecule has 1 saturated carbocycles. The van der Waals surface area contributed by atoms with Gasteiger partial charge in [-0.25, -0.2) is 4.79 Å². The second-order valence-electron chi connectivity index (χ2n) is 8.50. The van der Waals surface area contributed by atoms with Crippen LogP contribution < -0.4 is 26.6 Å². The summed E-state index contributed by atoms with van der Waals surface area (Å²) in [4.78, 5) is 42.4. The van der Waals surface area contributed by atoms with E-state index in [0.29, 0.717) is 12.3 Å². The molecule has 0 saturated heterocycles. The largest absolute Gasteiger partial charge is 0.484 e. The van der Waals surface area contributed by atoms with E-state index in [1.807, 2.05) is 49.4 Å². The molecule has 1 aliphatic rings. The topological polar surface area (TPSA) is 110 Å². The Hall–Kier alpha value is -3.55. The summed E-state index contributed by atoms with van der Waals surface area (Å²) in [7, 11) is 0. The number of nitrogen functional groups attached to an aromatic ring is 1. The lowest BCUT2D eigenvalue weighted by Gasteiger charge is -2.29. The first kappa shape index (κ1) is 22.6. The Bertz CT molecular complexity index is 1260. The lowest BCUT2D eigenvalue weighted by atomic mass is 10.1. The summed E-state index contributed by atoms with van der Waals surface area (Å²) in [5.41, 5.74) is 5.16. The molecule has 3 N–H and O–H groups in total. The fourth-order valence-corrected chi connectivity index (χ4v) is 4.49. The van der Waals surface area contributed by atoms with E-state index in [0.717, 1.165) is 49.3 Å². The first-order valence-electron chi connectivity index (χ1n) is 11.6. The van der Waals surface area contributed by atoms with Crippen molar-refractivity contribution in [3.8, 4) is 5.75 Å². The highest BCUT2D eigenvalue weighted by molar-refractivity contribution is 5.97. The van der Waals surface area contributed by atoms with Crippen LogP contribution in [0.1, 0.15) is 45.4 Å². The Labute approximate surface area is 192 Å².